The summed E-state index contributed by atoms with van der Waals surface area (Å²) in [4.78, 5) is 57.7. The average Bonchev–Trinajstić information content (AvgIpc) is 3.59. The van der Waals surface area contributed by atoms with Gasteiger partial charge in [-0.05, 0) is 105 Å². The first kappa shape index (κ1) is 31.2. The van der Waals surface area contributed by atoms with Crippen molar-refractivity contribution < 1.29 is 18.9 Å². The van der Waals surface area contributed by atoms with E-state index in [-0.39, 0.29) is 42.4 Å². The summed E-state index contributed by atoms with van der Waals surface area (Å²) >= 11 is 0. The highest BCUT2D eigenvalue weighted by Crippen LogP contribution is 2.48. The van der Waals surface area contributed by atoms with E-state index < -0.39 is 11.2 Å². The minimum absolute atomic E-state index is 0.0677. The monoisotopic (exact) mass is 625 g/mol. The molecular formula is C34H39N7O5. The zero-order valence-electron chi connectivity index (χ0n) is 26.6. The van der Waals surface area contributed by atoms with Crippen LogP contribution in [0.25, 0.3) is 0 Å². The second-order valence-electron chi connectivity index (χ2n) is 12.7. The van der Waals surface area contributed by atoms with E-state index >= 15 is 0 Å². The fourth-order valence-corrected chi connectivity index (χ4v) is 7.45. The van der Waals surface area contributed by atoms with Crippen molar-refractivity contribution in [2.45, 2.75) is 69.5 Å². The summed E-state index contributed by atoms with van der Waals surface area (Å²) in [6.45, 7) is 4.25. The molecule has 0 spiro atoms. The van der Waals surface area contributed by atoms with Gasteiger partial charge in [-0.15, -0.1) is 0 Å². The van der Waals surface area contributed by atoms with Gasteiger partial charge in [0.1, 0.15) is 6.04 Å². The van der Waals surface area contributed by atoms with E-state index in [1.54, 1.807) is 35.9 Å². The minimum atomic E-state index is -1.04. The van der Waals surface area contributed by atoms with E-state index in [2.05, 4.69) is 27.0 Å². The van der Waals surface area contributed by atoms with E-state index in [9.17, 15) is 24.4 Å². The lowest BCUT2D eigenvalue weighted by atomic mass is 9.69. The van der Waals surface area contributed by atoms with Crippen LogP contribution in [0.15, 0.2) is 45.7 Å². The van der Waals surface area contributed by atoms with Gasteiger partial charge in [0.2, 0.25) is 5.91 Å². The number of hydrogen-bond acceptors (Lipinski definition) is 8. The van der Waals surface area contributed by atoms with E-state index in [1.807, 2.05) is 38.1 Å². The number of likely N-dealkylation sites (tertiary alicyclic amines) is 1. The first-order valence-corrected chi connectivity index (χ1v) is 15.9. The maximum Gasteiger partial charge on any atom is 0.459 e. The van der Waals surface area contributed by atoms with Crippen molar-refractivity contribution in [2.75, 3.05) is 27.2 Å². The highest BCUT2D eigenvalue weighted by molar-refractivity contribution is 5.95. The molecule has 12 nitrogen and oxygen atoms in total. The number of carbonyl (C=O) groups is 3. The summed E-state index contributed by atoms with van der Waals surface area (Å²) in [7, 11) is 3.17. The number of nitrogens with zero attached hydrogens (tertiary/aromatic N) is 4. The second kappa shape index (κ2) is 12.2. The molecule has 46 heavy (non-hydrogen) atoms. The van der Waals surface area contributed by atoms with Crippen molar-refractivity contribution in [2.24, 2.45) is 5.92 Å². The molecule has 3 N–H and O–H groups in total. The molecule has 2 aromatic carbocycles. The van der Waals surface area contributed by atoms with Crippen molar-refractivity contribution in [1.29, 1.82) is 5.26 Å². The average molecular weight is 626 g/mol. The standard InChI is InChI=1S/C34H39N7O5/c1-19(2)41-32(39-33(45)46-41)34(11-12-38-18-29(42)40-25(17-35)15-24-16-28(24)40)26-9-7-22(30(43)36-3)13-20(26)5-6-21-14-23(31(44)37-4)8-10-27(21)34/h7-10,13-14,19,24-25,28,38H,5-6,11-12,15-16,18H2,1-4H3,(H,36,43)(H,37,44)/t24-,25?,28+/m1/s1. The van der Waals surface area contributed by atoms with Crippen LogP contribution in [-0.2, 0) is 23.1 Å². The molecule has 1 unspecified atom stereocenters. The smallest absolute Gasteiger partial charge is 0.355 e. The number of fused-ring (bicyclic) bond motifs is 3. The molecule has 0 bridgehead atoms. The van der Waals surface area contributed by atoms with Gasteiger partial charge in [0, 0.05) is 31.3 Å². The fraction of sp³-hybridized carbons (Fsp3) is 0.471. The van der Waals surface area contributed by atoms with Crippen LogP contribution < -0.4 is 21.7 Å². The van der Waals surface area contributed by atoms with Gasteiger partial charge in [-0.2, -0.15) is 15.0 Å². The first-order valence-electron chi connectivity index (χ1n) is 15.9. The summed E-state index contributed by atoms with van der Waals surface area (Å²) in [5.74, 6) is -0.414. The van der Waals surface area contributed by atoms with E-state index in [4.69, 9.17) is 4.52 Å². The molecule has 3 aromatic rings. The summed E-state index contributed by atoms with van der Waals surface area (Å²) in [5, 5.41) is 18.3. The lowest BCUT2D eigenvalue weighted by molar-refractivity contribution is -0.131. The van der Waals surface area contributed by atoms with Crippen LogP contribution in [-0.4, -0.2) is 71.6 Å². The molecule has 2 fully saturated rings. The predicted molar refractivity (Wildman–Crippen MR) is 168 cm³/mol. The normalized spacial score (nSPS) is 20.6. The van der Waals surface area contributed by atoms with Gasteiger partial charge in [0.05, 0.1) is 24.1 Å². The first-order chi connectivity index (χ1) is 22.1. The van der Waals surface area contributed by atoms with Crippen LogP contribution in [0.3, 0.4) is 0 Å². The van der Waals surface area contributed by atoms with Crippen LogP contribution in [0.2, 0.25) is 0 Å². The Morgan fingerprint density at radius 2 is 1.63 bits per heavy atom. The third-order valence-electron chi connectivity index (χ3n) is 9.70. The molecule has 3 aliphatic rings. The zero-order valence-corrected chi connectivity index (χ0v) is 26.6. The number of amides is 3. The van der Waals surface area contributed by atoms with Crippen LogP contribution in [0.5, 0.6) is 0 Å². The van der Waals surface area contributed by atoms with E-state index in [1.165, 1.54) is 0 Å². The SMILES string of the molecule is CNC(=O)c1ccc2c(c1)CCc1cc(C(=O)NC)ccc1C2(CCNCC(=O)N1C(C#N)C[C@@H]2C[C@@H]21)c1nc(=O)on1C(C)C. The quantitative estimate of drug-likeness (QED) is 0.305. The number of aromatic nitrogens is 2. The fourth-order valence-electron chi connectivity index (χ4n) is 7.45. The van der Waals surface area contributed by atoms with Gasteiger partial charge >= 0.3 is 5.76 Å². The Kier molecular flexibility index (Phi) is 8.29. The van der Waals surface area contributed by atoms with Crippen LogP contribution >= 0.6 is 0 Å². The lowest BCUT2D eigenvalue weighted by Gasteiger charge is -2.36. The van der Waals surface area contributed by atoms with Gasteiger partial charge in [-0.25, -0.2) is 4.79 Å². The maximum atomic E-state index is 13.3. The number of rotatable bonds is 9. The Labute approximate surface area is 267 Å². The second-order valence-corrected chi connectivity index (χ2v) is 12.7. The number of carbonyl (C=O) groups excluding carboxylic acids is 3. The third-order valence-corrected chi connectivity index (χ3v) is 9.70. The summed E-state index contributed by atoms with van der Waals surface area (Å²) in [6.07, 6.45) is 3.23. The third kappa shape index (κ3) is 5.28. The molecule has 0 radical (unpaired) electrons. The number of nitrogens with one attached hydrogen (secondary N) is 3. The van der Waals surface area contributed by atoms with Crippen molar-refractivity contribution >= 4 is 17.7 Å². The lowest BCUT2D eigenvalue weighted by Crippen LogP contribution is -2.44. The van der Waals surface area contributed by atoms with Gasteiger partial charge in [-0.1, -0.05) is 12.1 Å². The van der Waals surface area contributed by atoms with E-state index in [0.717, 1.165) is 35.1 Å². The van der Waals surface area contributed by atoms with Crippen molar-refractivity contribution in [3.05, 3.63) is 86.2 Å². The molecule has 1 aliphatic heterocycles. The minimum Gasteiger partial charge on any atom is -0.355 e. The molecule has 1 aromatic heterocycles. The highest BCUT2D eigenvalue weighted by atomic mass is 16.5. The number of aryl methyl sites for hydroxylation is 2. The molecule has 2 aliphatic carbocycles. The van der Waals surface area contributed by atoms with Gasteiger partial charge in [-0.3, -0.25) is 14.4 Å². The zero-order chi connectivity index (χ0) is 32.7. The molecule has 2 heterocycles. The van der Waals surface area contributed by atoms with Gasteiger partial charge in [0.25, 0.3) is 11.8 Å². The van der Waals surface area contributed by atoms with Crippen LogP contribution in [0, 0.1) is 17.2 Å². The van der Waals surface area contributed by atoms with Crippen LogP contribution in [0.4, 0.5) is 0 Å². The van der Waals surface area contributed by atoms with E-state index in [0.29, 0.717) is 48.7 Å². The highest BCUT2D eigenvalue weighted by Gasteiger charge is 2.54. The number of hydrogen-bond donors (Lipinski definition) is 3. The van der Waals surface area contributed by atoms with Crippen molar-refractivity contribution in [1.82, 2.24) is 30.6 Å². The summed E-state index contributed by atoms with van der Waals surface area (Å²) in [6, 6.07) is 13.0. The number of benzene rings is 2. The molecule has 240 valence electrons. The Morgan fingerprint density at radius 3 is 2.17 bits per heavy atom. The van der Waals surface area contributed by atoms with Crippen molar-refractivity contribution in [3.63, 3.8) is 0 Å². The molecule has 3 amide bonds. The number of piperidine rings is 1. The van der Waals surface area contributed by atoms with Gasteiger partial charge < -0.3 is 25.4 Å². The summed E-state index contributed by atoms with van der Waals surface area (Å²) < 4.78 is 7.19. The van der Waals surface area contributed by atoms with Crippen LogP contribution in [0.1, 0.15) is 87.9 Å². The Hall–Kier alpha value is -4.76. The molecule has 6 rings (SSSR count). The molecule has 1 saturated carbocycles. The largest absolute Gasteiger partial charge is 0.459 e. The Bertz CT molecular complexity index is 1730. The molecule has 3 atom stereocenters. The summed E-state index contributed by atoms with van der Waals surface area (Å²) in [5.41, 5.74) is 3.53. The molecule has 12 heteroatoms. The Balaban J connectivity index is 1.47. The maximum absolute atomic E-state index is 13.3. The molecule has 1 saturated heterocycles. The van der Waals surface area contributed by atoms with Gasteiger partial charge in [0.15, 0.2) is 5.82 Å². The molecular weight excluding hydrogens is 586 g/mol. The topological polar surface area (TPSA) is 162 Å². The van der Waals surface area contributed by atoms with Crippen molar-refractivity contribution in [3.8, 4) is 6.07 Å². The number of nitriles is 1. The Morgan fingerprint density at radius 1 is 1.02 bits per heavy atom. The predicted octanol–water partition coefficient (Wildman–Crippen LogP) is 2.06.